The van der Waals surface area contributed by atoms with Gasteiger partial charge in [-0.15, -0.1) is 0 Å². The number of aromatic hydroxyl groups is 1. The van der Waals surface area contributed by atoms with Crippen molar-refractivity contribution in [3.63, 3.8) is 0 Å². The Balaban J connectivity index is 1.83. The highest BCUT2D eigenvalue weighted by Gasteiger charge is 2.40. The van der Waals surface area contributed by atoms with Crippen LogP contribution in [-0.2, 0) is 17.8 Å². The molecule has 0 fully saturated rings. The number of aryl methyl sites for hydroxylation is 2. The molecule has 26 heavy (non-hydrogen) atoms. The molecule has 2 N–H and O–H groups in total. The van der Waals surface area contributed by atoms with Crippen LogP contribution in [-0.4, -0.2) is 21.8 Å². The van der Waals surface area contributed by atoms with Gasteiger partial charge in [-0.3, -0.25) is 4.79 Å². The number of hydrogen-bond acceptors (Lipinski definition) is 5. The summed E-state index contributed by atoms with van der Waals surface area (Å²) in [6.07, 6.45) is 1.24. The van der Waals surface area contributed by atoms with Gasteiger partial charge >= 0.3 is 0 Å². The molecule has 0 radical (unpaired) electrons. The molecule has 1 amide bonds. The van der Waals surface area contributed by atoms with Crippen molar-refractivity contribution in [3.05, 3.63) is 39.3 Å². The second kappa shape index (κ2) is 6.34. The molecule has 1 atom stereocenters. The average molecular weight is 358 g/mol. The molecule has 140 valence electrons. The molecule has 1 aliphatic rings. The van der Waals surface area contributed by atoms with Crippen molar-refractivity contribution in [1.82, 2.24) is 10.5 Å². The van der Waals surface area contributed by atoms with Crippen LogP contribution in [0.3, 0.4) is 0 Å². The zero-order valence-electron chi connectivity index (χ0n) is 16.2. The fourth-order valence-electron chi connectivity index (χ4n) is 3.52. The molecule has 6 heteroatoms. The number of amides is 1. The molecule has 3 rings (SSSR count). The maximum Gasteiger partial charge on any atom is 0.264 e. The zero-order chi connectivity index (χ0) is 19.2. The summed E-state index contributed by atoms with van der Waals surface area (Å²) in [4.78, 5) is 12.9. The summed E-state index contributed by atoms with van der Waals surface area (Å²) >= 11 is 0. The van der Waals surface area contributed by atoms with E-state index in [1.165, 1.54) is 0 Å². The molecule has 0 aliphatic carbocycles. The van der Waals surface area contributed by atoms with Crippen LogP contribution in [0.4, 0.5) is 0 Å². The van der Waals surface area contributed by atoms with Crippen molar-refractivity contribution in [3.8, 4) is 11.5 Å². The van der Waals surface area contributed by atoms with E-state index in [0.29, 0.717) is 30.9 Å². The summed E-state index contributed by atoms with van der Waals surface area (Å²) in [6, 6.07) is 0. The Morgan fingerprint density at radius 3 is 2.50 bits per heavy atom. The summed E-state index contributed by atoms with van der Waals surface area (Å²) in [5.41, 5.74) is 4.22. The van der Waals surface area contributed by atoms with Crippen LogP contribution in [0.1, 0.15) is 52.6 Å². The molecule has 0 bridgehead atoms. The van der Waals surface area contributed by atoms with Crippen molar-refractivity contribution < 1.29 is 19.2 Å². The van der Waals surface area contributed by atoms with E-state index in [9.17, 15) is 9.90 Å². The number of carbonyl (C=O) groups is 1. The third-order valence-corrected chi connectivity index (χ3v) is 5.61. The van der Waals surface area contributed by atoms with Gasteiger partial charge in [-0.2, -0.15) is 0 Å². The van der Waals surface area contributed by atoms with Gasteiger partial charge in [0.25, 0.3) is 5.91 Å². The molecule has 6 nitrogen and oxygen atoms in total. The number of ether oxygens (including phenoxy) is 1. The van der Waals surface area contributed by atoms with Gasteiger partial charge in [0.2, 0.25) is 0 Å². The Morgan fingerprint density at radius 1 is 1.19 bits per heavy atom. The van der Waals surface area contributed by atoms with Gasteiger partial charge in [0.05, 0.1) is 5.69 Å². The Morgan fingerprint density at radius 2 is 1.88 bits per heavy atom. The Hall–Kier alpha value is -2.50. The normalized spacial score (nSPS) is 19.0. The van der Waals surface area contributed by atoms with E-state index in [4.69, 9.17) is 9.26 Å². The second-order valence-corrected chi connectivity index (χ2v) is 7.35. The number of aromatic nitrogens is 1. The highest BCUT2D eigenvalue weighted by molar-refractivity contribution is 5.85. The standard InChI is InChI=1S/C20H26N2O4/c1-10-11(2)18-15(12(3)17(10)23)7-8-20(6,25-18)19(24)21-9-16-13(4)22-26-14(16)5/h23H,7-9H2,1-6H3,(H,21,24)/t20-/m0/s1. The first kappa shape index (κ1) is 18.3. The minimum absolute atomic E-state index is 0.161. The topological polar surface area (TPSA) is 84.6 Å². The summed E-state index contributed by atoms with van der Waals surface area (Å²) in [5, 5.41) is 17.1. The number of carbonyl (C=O) groups excluding carboxylic acids is 1. The second-order valence-electron chi connectivity index (χ2n) is 7.35. The molecule has 1 aromatic carbocycles. The molecule has 0 spiro atoms. The quantitative estimate of drug-likeness (QED) is 0.879. The number of phenols is 1. The summed E-state index contributed by atoms with van der Waals surface area (Å²) in [5.74, 6) is 1.58. The third-order valence-electron chi connectivity index (χ3n) is 5.61. The van der Waals surface area contributed by atoms with Crippen LogP contribution >= 0.6 is 0 Å². The fraction of sp³-hybridized carbons (Fsp3) is 0.500. The monoisotopic (exact) mass is 358 g/mol. The summed E-state index contributed by atoms with van der Waals surface area (Å²) < 4.78 is 11.3. The zero-order valence-corrected chi connectivity index (χ0v) is 16.2. The lowest BCUT2D eigenvalue weighted by atomic mass is 9.86. The van der Waals surface area contributed by atoms with Gasteiger partial charge in [0.15, 0.2) is 5.60 Å². The van der Waals surface area contributed by atoms with Gasteiger partial charge in [-0.25, -0.2) is 0 Å². The molecular weight excluding hydrogens is 332 g/mol. The molecule has 0 saturated heterocycles. The average Bonchev–Trinajstić information content (AvgIpc) is 2.94. The third kappa shape index (κ3) is 2.83. The predicted octanol–water partition coefficient (Wildman–Crippen LogP) is 3.32. The number of phenolic OH excluding ortho intramolecular Hbond substituents is 1. The molecule has 2 aromatic rings. The van der Waals surface area contributed by atoms with Crippen LogP contribution in [0.2, 0.25) is 0 Å². The number of nitrogens with one attached hydrogen (secondary N) is 1. The van der Waals surface area contributed by atoms with E-state index < -0.39 is 5.60 Å². The molecular formula is C20H26N2O4. The van der Waals surface area contributed by atoms with E-state index in [2.05, 4.69) is 10.5 Å². The fourth-order valence-corrected chi connectivity index (χ4v) is 3.52. The van der Waals surface area contributed by atoms with E-state index in [-0.39, 0.29) is 5.91 Å². The summed E-state index contributed by atoms with van der Waals surface area (Å²) in [6.45, 7) is 11.5. The van der Waals surface area contributed by atoms with Gasteiger partial charge in [0, 0.05) is 24.1 Å². The number of benzene rings is 1. The van der Waals surface area contributed by atoms with E-state index >= 15 is 0 Å². The van der Waals surface area contributed by atoms with Crippen LogP contribution in [0, 0.1) is 34.6 Å². The summed E-state index contributed by atoms with van der Waals surface area (Å²) in [7, 11) is 0. The molecule has 1 aliphatic heterocycles. The Bertz CT molecular complexity index is 865. The predicted molar refractivity (Wildman–Crippen MR) is 97.5 cm³/mol. The van der Waals surface area contributed by atoms with Crippen molar-refractivity contribution in [2.45, 2.75) is 66.5 Å². The van der Waals surface area contributed by atoms with E-state index in [1.54, 1.807) is 0 Å². The highest BCUT2D eigenvalue weighted by Crippen LogP contribution is 2.43. The minimum Gasteiger partial charge on any atom is -0.507 e. The van der Waals surface area contributed by atoms with Gasteiger partial charge in [-0.05, 0) is 64.7 Å². The lowest BCUT2D eigenvalue weighted by Gasteiger charge is -2.36. The molecule has 0 saturated carbocycles. The van der Waals surface area contributed by atoms with Crippen LogP contribution < -0.4 is 10.1 Å². The van der Waals surface area contributed by atoms with Gasteiger partial charge in [0.1, 0.15) is 17.3 Å². The van der Waals surface area contributed by atoms with Crippen molar-refractivity contribution in [1.29, 1.82) is 0 Å². The lowest BCUT2D eigenvalue weighted by molar-refractivity contribution is -0.137. The number of fused-ring (bicyclic) bond motifs is 1. The first-order chi connectivity index (χ1) is 12.2. The maximum absolute atomic E-state index is 12.9. The minimum atomic E-state index is -0.952. The van der Waals surface area contributed by atoms with Crippen molar-refractivity contribution in [2.24, 2.45) is 0 Å². The molecule has 0 unspecified atom stereocenters. The lowest BCUT2D eigenvalue weighted by Crippen LogP contribution is -2.50. The van der Waals surface area contributed by atoms with E-state index in [1.807, 2.05) is 41.5 Å². The number of rotatable bonds is 3. The Labute approximate surface area is 153 Å². The van der Waals surface area contributed by atoms with Crippen LogP contribution in [0.25, 0.3) is 0 Å². The van der Waals surface area contributed by atoms with Gasteiger partial charge < -0.3 is 19.7 Å². The number of hydrogen-bond donors (Lipinski definition) is 2. The van der Waals surface area contributed by atoms with Crippen LogP contribution in [0.15, 0.2) is 4.52 Å². The first-order valence-electron chi connectivity index (χ1n) is 8.86. The smallest absolute Gasteiger partial charge is 0.264 e. The van der Waals surface area contributed by atoms with Crippen LogP contribution in [0.5, 0.6) is 11.5 Å². The molecule has 2 heterocycles. The SMILES string of the molecule is Cc1noc(C)c1CNC(=O)[C@]1(C)CCc2c(C)c(O)c(C)c(C)c2O1. The maximum atomic E-state index is 12.9. The first-order valence-corrected chi connectivity index (χ1v) is 8.86. The highest BCUT2D eigenvalue weighted by atomic mass is 16.5. The van der Waals surface area contributed by atoms with Crippen molar-refractivity contribution in [2.75, 3.05) is 0 Å². The molecule has 1 aromatic heterocycles. The number of nitrogens with zero attached hydrogens (tertiary/aromatic N) is 1. The largest absolute Gasteiger partial charge is 0.507 e. The van der Waals surface area contributed by atoms with Gasteiger partial charge in [-0.1, -0.05) is 5.16 Å². The van der Waals surface area contributed by atoms with Crippen molar-refractivity contribution >= 4 is 5.91 Å². The van der Waals surface area contributed by atoms with E-state index in [0.717, 1.165) is 39.3 Å². The Kier molecular flexibility index (Phi) is 4.46.